The third kappa shape index (κ3) is 5.28. The number of carbonyl (C=O) groups is 3. The van der Waals surface area contributed by atoms with Crippen LogP contribution in [0.25, 0.3) is 0 Å². The van der Waals surface area contributed by atoms with E-state index in [1.165, 1.54) is 14.2 Å². The van der Waals surface area contributed by atoms with Crippen LogP contribution in [-0.2, 0) is 29.2 Å². The van der Waals surface area contributed by atoms with E-state index in [0.717, 1.165) is 11.6 Å². The van der Waals surface area contributed by atoms with Crippen molar-refractivity contribution >= 4 is 29.4 Å². The summed E-state index contributed by atoms with van der Waals surface area (Å²) in [5.74, 6) is -1.42. The number of carbonyl (C=O) groups excluding carboxylic acids is 3. The molecule has 0 unspecified atom stereocenters. The SMILES string of the molecule is COC(=O)/C=C(/Nc1ccc2c(c1)N(C(=O)OC(C)(C)C)CC2(C)C)C(=O)OC. The van der Waals surface area contributed by atoms with Crippen LogP contribution in [-0.4, -0.2) is 44.4 Å². The summed E-state index contributed by atoms with van der Waals surface area (Å²) in [7, 11) is 2.43. The summed E-state index contributed by atoms with van der Waals surface area (Å²) in [4.78, 5) is 37.8. The van der Waals surface area contributed by atoms with Gasteiger partial charge in [-0.2, -0.15) is 0 Å². The van der Waals surface area contributed by atoms with Crippen molar-refractivity contribution < 1.29 is 28.6 Å². The largest absolute Gasteiger partial charge is 0.466 e. The van der Waals surface area contributed by atoms with E-state index in [0.29, 0.717) is 17.9 Å². The summed E-state index contributed by atoms with van der Waals surface area (Å²) >= 11 is 0. The predicted octanol–water partition coefficient (Wildman–Crippen LogP) is 3.36. The van der Waals surface area contributed by atoms with Crippen molar-refractivity contribution in [2.75, 3.05) is 31.0 Å². The molecule has 0 radical (unpaired) electrons. The molecule has 1 amide bonds. The van der Waals surface area contributed by atoms with Gasteiger partial charge in [0.1, 0.15) is 11.3 Å². The lowest BCUT2D eigenvalue weighted by Crippen LogP contribution is -2.38. The Balaban J connectivity index is 2.40. The lowest BCUT2D eigenvalue weighted by Gasteiger charge is -2.26. The van der Waals surface area contributed by atoms with Crippen LogP contribution in [0.5, 0.6) is 0 Å². The molecule has 0 atom stereocenters. The molecule has 0 aliphatic carbocycles. The average Bonchev–Trinajstić information content (AvgIpc) is 2.89. The maximum Gasteiger partial charge on any atom is 0.414 e. The van der Waals surface area contributed by atoms with Gasteiger partial charge in [0.25, 0.3) is 0 Å². The fourth-order valence-electron chi connectivity index (χ4n) is 3.04. The number of nitrogens with zero attached hydrogens (tertiary/aromatic N) is 1. The summed E-state index contributed by atoms with van der Waals surface area (Å²) in [6.45, 7) is 9.98. The molecule has 1 N–H and O–H groups in total. The third-order valence-corrected chi connectivity index (χ3v) is 4.33. The minimum absolute atomic E-state index is 0.0830. The Bertz CT molecular complexity index is 851. The number of hydrogen-bond donors (Lipinski definition) is 1. The van der Waals surface area contributed by atoms with Crippen molar-refractivity contribution in [2.45, 2.75) is 45.6 Å². The van der Waals surface area contributed by atoms with Crippen LogP contribution in [0.15, 0.2) is 30.0 Å². The number of hydrogen-bond acceptors (Lipinski definition) is 7. The van der Waals surface area contributed by atoms with Crippen LogP contribution < -0.4 is 10.2 Å². The molecular weight excluding hydrogens is 376 g/mol. The zero-order chi connectivity index (χ0) is 22.0. The highest BCUT2D eigenvalue weighted by atomic mass is 16.6. The van der Waals surface area contributed by atoms with Crippen molar-refractivity contribution in [2.24, 2.45) is 0 Å². The molecule has 0 fully saturated rings. The maximum absolute atomic E-state index is 12.7. The lowest BCUT2D eigenvalue weighted by atomic mass is 9.87. The van der Waals surface area contributed by atoms with Gasteiger partial charge in [0.15, 0.2) is 0 Å². The number of methoxy groups -OCH3 is 2. The van der Waals surface area contributed by atoms with Gasteiger partial charge in [-0.15, -0.1) is 0 Å². The van der Waals surface area contributed by atoms with Crippen molar-refractivity contribution in [3.63, 3.8) is 0 Å². The number of rotatable bonds is 4. The molecule has 0 saturated carbocycles. The quantitative estimate of drug-likeness (QED) is 0.467. The van der Waals surface area contributed by atoms with E-state index in [-0.39, 0.29) is 11.1 Å². The first-order valence-corrected chi connectivity index (χ1v) is 9.18. The van der Waals surface area contributed by atoms with Crippen molar-refractivity contribution in [1.29, 1.82) is 0 Å². The Morgan fingerprint density at radius 3 is 2.34 bits per heavy atom. The maximum atomic E-state index is 12.7. The number of nitrogens with one attached hydrogen (secondary N) is 1. The van der Waals surface area contributed by atoms with Gasteiger partial charge in [0.05, 0.1) is 26.0 Å². The molecule has 158 valence electrons. The molecule has 1 aliphatic heterocycles. The van der Waals surface area contributed by atoms with Crippen LogP contribution in [0.2, 0.25) is 0 Å². The van der Waals surface area contributed by atoms with Crippen LogP contribution >= 0.6 is 0 Å². The van der Waals surface area contributed by atoms with Gasteiger partial charge in [0.2, 0.25) is 0 Å². The zero-order valence-electron chi connectivity index (χ0n) is 17.9. The van der Waals surface area contributed by atoms with E-state index >= 15 is 0 Å². The standard InChI is InChI=1S/C21H28N2O6/c1-20(2,3)29-19(26)23-12-21(4,5)14-9-8-13(10-16(14)23)22-15(18(25)28-7)11-17(24)27-6/h8-11,22H,12H2,1-7H3/b15-11+. The molecule has 0 bridgehead atoms. The van der Waals surface area contributed by atoms with Gasteiger partial charge in [-0.25, -0.2) is 14.4 Å². The van der Waals surface area contributed by atoms with Gasteiger partial charge in [-0.3, -0.25) is 4.90 Å². The molecule has 0 aromatic heterocycles. The minimum atomic E-state index is -0.722. The van der Waals surface area contributed by atoms with Gasteiger partial charge >= 0.3 is 18.0 Å². The van der Waals surface area contributed by atoms with E-state index < -0.39 is 23.6 Å². The fraction of sp³-hybridized carbons (Fsp3) is 0.476. The highest BCUT2D eigenvalue weighted by molar-refractivity contribution is 5.99. The predicted molar refractivity (Wildman–Crippen MR) is 109 cm³/mol. The molecule has 29 heavy (non-hydrogen) atoms. The molecule has 1 aliphatic rings. The summed E-state index contributed by atoms with van der Waals surface area (Å²) < 4.78 is 14.8. The molecule has 1 aromatic rings. The molecule has 0 spiro atoms. The Hall–Kier alpha value is -3.03. The Kier molecular flexibility index (Phi) is 6.25. The van der Waals surface area contributed by atoms with Crippen molar-refractivity contribution in [1.82, 2.24) is 0 Å². The zero-order valence-corrected chi connectivity index (χ0v) is 17.9. The average molecular weight is 404 g/mol. The summed E-state index contributed by atoms with van der Waals surface area (Å²) in [6, 6.07) is 5.39. The van der Waals surface area contributed by atoms with Crippen LogP contribution in [0.1, 0.15) is 40.2 Å². The summed E-state index contributed by atoms with van der Waals surface area (Å²) in [6.07, 6.45) is 0.564. The second kappa shape index (κ2) is 8.14. The van der Waals surface area contributed by atoms with Gasteiger partial charge < -0.3 is 19.5 Å². The first-order chi connectivity index (χ1) is 13.4. The van der Waals surface area contributed by atoms with Crippen LogP contribution in [0, 0.1) is 0 Å². The normalized spacial score (nSPS) is 15.4. The second-order valence-corrected chi connectivity index (χ2v) is 8.38. The van der Waals surface area contributed by atoms with Gasteiger partial charge in [0, 0.05) is 17.6 Å². The van der Waals surface area contributed by atoms with Crippen molar-refractivity contribution in [3.05, 3.63) is 35.5 Å². The fourth-order valence-corrected chi connectivity index (χ4v) is 3.04. The number of esters is 2. The van der Waals surface area contributed by atoms with E-state index in [1.54, 1.807) is 17.0 Å². The highest BCUT2D eigenvalue weighted by Gasteiger charge is 2.39. The highest BCUT2D eigenvalue weighted by Crippen LogP contribution is 2.42. The number of fused-ring (bicyclic) bond motifs is 1. The molecular formula is C21H28N2O6. The summed E-state index contributed by atoms with van der Waals surface area (Å²) in [5.41, 5.74) is 1.19. The van der Waals surface area contributed by atoms with E-state index in [1.807, 2.05) is 40.7 Å². The topological polar surface area (TPSA) is 94.2 Å². The first-order valence-electron chi connectivity index (χ1n) is 9.18. The molecule has 8 nitrogen and oxygen atoms in total. The Morgan fingerprint density at radius 2 is 1.79 bits per heavy atom. The molecule has 1 aromatic carbocycles. The number of amides is 1. The third-order valence-electron chi connectivity index (χ3n) is 4.33. The lowest BCUT2D eigenvalue weighted by molar-refractivity contribution is -0.138. The Morgan fingerprint density at radius 1 is 1.14 bits per heavy atom. The molecule has 2 rings (SSSR count). The van der Waals surface area contributed by atoms with E-state index in [4.69, 9.17) is 9.47 Å². The number of benzene rings is 1. The Labute approximate surface area is 170 Å². The van der Waals surface area contributed by atoms with E-state index in [9.17, 15) is 14.4 Å². The number of anilines is 2. The molecule has 0 saturated heterocycles. The summed E-state index contributed by atoms with van der Waals surface area (Å²) in [5, 5.41) is 2.87. The van der Waals surface area contributed by atoms with Crippen LogP contribution in [0.4, 0.5) is 16.2 Å². The van der Waals surface area contributed by atoms with Gasteiger partial charge in [-0.1, -0.05) is 19.9 Å². The van der Waals surface area contributed by atoms with Crippen LogP contribution in [0.3, 0.4) is 0 Å². The molecule has 8 heteroatoms. The molecule has 1 heterocycles. The van der Waals surface area contributed by atoms with Gasteiger partial charge in [-0.05, 0) is 38.5 Å². The second-order valence-electron chi connectivity index (χ2n) is 8.38. The smallest absolute Gasteiger partial charge is 0.414 e. The monoisotopic (exact) mass is 404 g/mol. The van der Waals surface area contributed by atoms with Crippen molar-refractivity contribution in [3.8, 4) is 0 Å². The minimum Gasteiger partial charge on any atom is -0.466 e. The van der Waals surface area contributed by atoms with E-state index in [2.05, 4.69) is 10.1 Å². The first kappa shape index (κ1) is 22.3. The number of ether oxygens (including phenoxy) is 3.